The molecule has 1 saturated heterocycles. The summed E-state index contributed by atoms with van der Waals surface area (Å²) < 4.78 is 44.3. The second kappa shape index (κ2) is 8.59. The van der Waals surface area contributed by atoms with Gasteiger partial charge in [-0.2, -0.15) is 24.9 Å². The molecule has 3 heterocycles. The van der Waals surface area contributed by atoms with Crippen molar-refractivity contribution in [2.24, 2.45) is 7.05 Å². The van der Waals surface area contributed by atoms with E-state index in [-0.39, 0.29) is 28.6 Å². The van der Waals surface area contributed by atoms with Crippen LogP contribution in [0.3, 0.4) is 0 Å². The Morgan fingerprint density at radius 3 is 2.54 bits per heavy atom. The molecular formula is C27H28F3N5OS. The van der Waals surface area contributed by atoms with Gasteiger partial charge in [-0.1, -0.05) is 12.1 Å². The summed E-state index contributed by atoms with van der Waals surface area (Å²) in [5.41, 5.74) is 1.13. The number of carbonyl (C=O) groups excluding carboxylic acids is 1. The van der Waals surface area contributed by atoms with E-state index in [0.717, 1.165) is 42.2 Å². The van der Waals surface area contributed by atoms with Crippen LogP contribution in [0.15, 0.2) is 42.7 Å². The number of fused-ring (bicyclic) bond motifs is 1. The van der Waals surface area contributed by atoms with Crippen LogP contribution in [0.25, 0.3) is 0 Å². The van der Waals surface area contributed by atoms with Gasteiger partial charge in [0.2, 0.25) is 0 Å². The fourth-order valence-corrected chi connectivity index (χ4v) is 6.85. The van der Waals surface area contributed by atoms with Crippen molar-refractivity contribution in [1.29, 1.82) is 0 Å². The summed E-state index contributed by atoms with van der Waals surface area (Å²) in [6, 6.07) is 10.4. The second-order valence-electron chi connectivity index (χ2n) is 10.7. The maximum Gasteiger partial charge on any atom is 0.416 e. The molecule has 3 aliphatic rings. The van der Waals surface area contributed by atoms with Crippen molar-refractivity contribution >= 4 is 23.4 Å². The Kier molecular flexibility index (Phi) is 5.69. The fourth-order valence-electron chi connectivity index (χ4n) is 5.65. The number of anilines is 1. The summed E-state index contributed by atoms with van der Waals surface area (Å²) in [5.74, 6) is 2.09. The topological polar surface area (TPSA) is 63.1 Å². The van der Waals surface area contributed by atoms with Gasteiger partial charge in [0.05, 0.1) is 17.5 Å². The van der Waals surface area contributed by atoms with Gasteiger partial charge in [0.25, 0.3) is 5.91 Å². The number of halogens is 3. The molecule has 2 aliphatic heterocycles. The molecule has 1 saturated carbocycles. The van der Waals surface area contributed by atoms with Gasteiger partial charge in [0.15, 0.2) is 0 Å². The molecule has 1 N–H and O–H groups in total. The molecule has 3 aromatic rings. The molecule has 2 fully saturated rings. The van der Waals surface area contributed by atoms with E-state index < -0.39 is 17.6 Å². The first-order valence-corrected chi connectivity index (χ1v) is 13.6. The van der Waals surface area contributed by atoms with Crippen molar-refractivity contribution in [2.45, 2.75) is 56.4 Å². The number of aromatic nitrogens is 3. The first-order valence-electron chi connectivity index (χ1n) is 12.4. The van der Waals surface area contributed by atoms with E-state index in [2.05, 4.69) is 22.4 Å². The van der Waals surface area contributed by atoms with Crippen LogP contribution in [0.2, 0.25) is 0 Å². The summed E-state index contributed by atoms with van der Waals surface area (Å²) in [6.45, 7) is 2.28. The quantitative estimate of drug-likeness (QED) is 0.486. The molecule has 1 aromatic heterocycles. The Balaban J connectivity index is 1.34. The largest absolute Gasteiger partial charge is 0.416 e. The number of hydrogen-bond donors (Lipinski definition) is 1. The third-order valence-corrected chi connectivity index (χ3v) is 9.52. The Bertz CT molecular complexity index is 1380. The van der Waals surface area contributed by atoms with E-state index in [0.29, 0.717) is 17.8 Å². The SMILES string of the molecule is Cn1cnnc1C1(c2cccc(N3Cc4c(cc(CNC5(C)CCC5)cc4C(F)(F)F)C3=O)c2)CSC1. The Morgan fingerprint density at radius 1 is 1.16 bits per heavy atom. The molecule has 0 spiro atoms. The highest BCUT2D eigenvalue weighted by molar-refractivity contribution is 8.00. The van der Waals surface area contributed by atoms with Gasteiger partial charge >= 0.3 is 6.18 Å². The number of thioether (sulfide) groups is 1. The van der Waals surface area contributed by atoms with Crippen LogP contribution in [0.4, 0.5) is 18.9 Å². The zero-order chi connectivity index (χ0) is 26.0. The van der Waals surface area contributed by atoms with Crippen LogP contribution in [0.5, 0.6) is 0 Å². The maximum atomic E-state index is 14.1. The van der Waals surface area contributed by atoms with E-state index in [4.69, 9.17) is 0 Å². The molecule has 0 atom stereocenters. The number of alkyl halides is 3. The lowest BCUT2D eigenvalue weighted by Crippen LogP contribution is -2.47. The molecule has 0 bridgehead atoms. The highest BCUT2D eigenvalue weighted by atomic mass is 32.2. The minimum atomic E-state index is -4.54. The number of aryl methyl sites for hydroxylation is 1. The molecule has 1 amide bonds. The fraction of sp³-hybridized carbons (Fsp3) is 0.444. The van der Waals surface area contributed by atoms with Crippen molar-refractivity contribution in [3.05, 3.63) is 76.4 Å². The molecular weight excluding hydrogens is 499 g/mol. The number of nitrogens with one attached hydrogen (secondary N) is 1. The van der Waals surface area contributed by atoms with Gasteiger partial charge in [-0.05, 0) is 67.1 Å². The van der Waals surface area contributed by atoms with Gasteiger partial charge < -0.3 is 14.8 Å². The molecule has 0 unspecified atom stereocenters. The molecule has 0 radical (unpaired) electrons. The van der Waals surface area contributed by atoms with Gasteiger partial charge in [-0.15, -0.1) is 10.2 Å². The monoisotopic (exact) mass is 527 g/mol. The Morgan fingerprint density at radius 2 is 1.95 bits per heavy atom. The number of carbonyl (C=O) groups is 1. The number of hydrogen-bond acceptors (Lipinski definition) is 5. The molecule has 6 rings (SSSR count). The predicted molar refractivity (Wildman–Crippen MR) is 137 cm³/mol. The van der Waals surface area contributed by atoms with Gasteiger partial charge in [0, 0.05) is 41.9 Å². The van der Waals surface area contributed by atoms with Crippen molar-refractivity contribution < 1.29 is 18.0 Å². The van der Waals surface area contributed by atoms with Crippen LogP contribution < -0.4 is 10.2 Å². The smallest absolute Gasteiger partial charge is 0.320 e. The minimum absolute atomic E-state index is 0.0451. The van der Waals surface area contributed by atoms with E-state index in [1.54, 1.807) is 30.2 Å². The average molecular weight is 528 g/mol. The van der Waals surface area contributed by atoms with Gasteiger partial charge in [-0.25, -0.2) is 0 Å². The normalized spacial score (nSPS) is 19.9. The Hall–Kier alpha value is -2.85. The van der Waals surface area contributed by atoms with Crippen molar-refractivity contribution in [3.63, 3.8) is 0 Å². The highest BCUT2D eigenvalue weighted by Crippen LogP contribution is 2.47. The van der Waals surface area contributed by atoms with Crippen LogP contribution in [0.1, 0.15) is 64.6 Å². The van der Waals surface area contributed by atoms with Gasteiger partial charge in [-0.3, -0.25) is 4.79 Å². The maximum absolute atomic E-state index is 14.1. The second-order valence-corrected chi connectivity index (χ2v) is 11.7. The molecule has 10 heteroatoms. The first-order chi connectivity index (χ1) is 17.6. The Labute approximate surface area is 217 Å². The standard InChI is InChI=1S/C27H28F3N5OS/c1-25(7-4-8-25)31-12-17-9-20-21(22(10-17)27(28,29)30)13-35(23(20)36)19-6-3-5-18(11-19)26(14-37-15-26)24-33-32-16-34(24)2/h3,5-6,9-11,16,31H,4,7-8,12-15H2,1-2H3. The lowest BCUT2D eigenvalue weighted by Gasteiger charge is -2.40. The van der Waals surface area contributed by atoms with Crippen LogP contribution in [-0.2, 0) is 31.7 Å². The summed E-state index contributed by atoms with van der Waals surface area (Å²) in [4.78, 5) is 15.0. The van der Waals surface area contributed by atoms with Crippen molar-refractivity contribution in [3.8, 4) is 0 Å². The molecule has 37 heavy (non-hydrogen) atoms. The summed E-state index contributed by atoms with van der Waals surface area (Å²) >= 11 is 1.80. The summed E-state index contributed by atoms with van der Waals surface area (Å²) in [6.07, 6.45) is 0.242. The summed E-state index contributed by atoms with van der Waals surface area (Å²) in [7, 11) is 1.90. The van der Waals surface area contributed by atoms with E-state index in [9.17, 15) is 18.0 Å². The molecule has 1 aliphatic carbocycles. The number of amides is 1. The van der Waals surface area contributed by atoms with Crippen LogP contribution in [0, 0.1) is 0 Å². The third-order valence-electron chi connectivity index (χ3n) is 8.13. The van der Waals surface area contributed by atoms with Crippen molar-refractivity contribution in [1.82, 2.24) is 20.1 Å². The summed E-state index contributed by atoms with van der Waals surface area (Å²) in [5, 5.41) is 11.8. The lowest BCUT2D eigenvalue weighted by atomic mass is 9.78. The zero-order valence-electron chi connectivity index (χ0n) is 20.7. The van der Waals surface area contributed by atoms with Gasteiger partial charge in [0.1, 0.15) is 12.2 Å². The molecule has 194 valence electrons. The average Bonchev–Trinajstić information content (AvgIpc) is 3.38. The molecule has 2 aromatic carbocycles. The van der Waals surface area contributed by atoms with E-state index in [1.807, 2.05) is 29.8 Å². The third kappa shape index (κ3) is 4.05. The zero-order valence-corrected chi connectivity index (χ0v) is 21.5. The minimum Gasteiger partial charge on any atom is -0.320 e. The van der Waals surface area contributed by atoms with E-state index >= 15 is 0 Å². The predicted octanol–water partition coefficient (Wildman–Crippen LogP) is 5.06. The lowest BCUT2D eigenvalue weighted by molar-refractivity contribution is -0.138. The van der Waals surface area contributed by atoms with E-state index in [1.165, 1.54) is 11.0 Å². The number of benzene rings is 2. The van der Waals surface area contributed by atoms with Crippen LogP contribution in [-0.4, -0.2) is 37.7 Å². The van der Waals surface area contributed by atoms with Crippen LogP contribution >= 0.6 is 11.8 Å². The first kappa shape index (κ1) is 24.5. The number of nitrogens with zero attached hydrogens (tertiary/aromatic N) is 4. The highest BCUT2D eigenvalue weighted by Gasteiger charge is 2.46. The molecule has 6 nitrogen and oxygen atoms in total. The number of rotatable bonds is 6. The van der Waals surface area contributed by atoms with Crippen molar-refractivity contribution in [2.75, 3.05) is 16.4 Å².